The first-order valence-corrected chi connectivity index (χ1v) is 14.1. The minimum Gasteiger partial charge on any atom is -0.351 e. The molecule has 4 rings (SSSR count). The maximum absolute atomic E-state index is 14.0. The molecule has 0 aliphatic heterocycles. The molecule has 0 saturated heterocycles. The Labute approximate surface area is 235 Å². The van der Waals surface area contributed by atoms with Gasteiger partial charge >= 0.3 is 0 Å². The molecule has 2 aromatic carbocycles. The van der Waals surface area contributed by atoms with Crippen LogP contribution in [0.1, 0.15) is 75.5 Å². The average Bonchev–Trinajstić information content (AvgIpc) is 2.97. The second-order valence-corrected chi connectivity index (χ2v) is 10.2. The normalized spacial score (nSPS) is 14.2. The maximum atomic E-state index is 14.0. The topological polar surface area (TPSA) is 91.4 Å². The standard InChI is InChI=1S/C32H37FN4O3/c1-2-23-11-6-7-14-27(23)37(30(39)17-10-16-29(38)36-28-15-8-9-22-34-28)31(24-18-20-25(33)21-19-24)32(40)35-26-12-4-3-5-13-26/h6-9,11,14-15,18-22,26,31H,2-5,10,12-13,16-17H2,1H3,(H,35,40)(H,34,36,38)/t31-/m0/s1. The van der Waals surface area contributed by atoms with Crippen LogP contribution in [0, 0.1) is 5.82 Å². The second-order valence-electron chi connectivity index (χ2n) is 10.2. The van der Waals surface area contributed by atoms with Gasteiger partial charge in [0.15, 0.2) is 0 Å². The summed E-state index contributed by atoms with van der Waals surface area (Å²) in [6.45, 7) is 2.00. The quantitative estimate of drug-likeness (QED) is 0.304. The Bertz CT molecular complexity index is 1280. The number of carbonyl (C=O) groups excluding carboxylic acids is 3. The smallest absolute Gasteiger partial charge is 0.248 e. The van der Waals surface area contributed by atoms with Crippen molar-refractivity contribution >= 4 is 29.2 Å². The van der Waals surface area contributed by atoms with Crippen LogP contribution < -0.4 is 15.5 Å². The average molecular weight is 545 g/mol. The van der Waals surface area contributed by atoms with E-state index < -0.39 is 11.9 Å². The number of hydrogen-bond donors (Lipinski definition) is 2. The third kappa shape index (κ3) is 7.74. The summed E-state index contributed by atoms with van der Waals surface area (Å²) in [5, 5.41) is 5.92. The lowest BCUT2D eigenvalue weighted by atomic mass is 9.94. The number of halogens is 1. The highest BCUT2D eigenvalue weighted by molar-refractivity contribution is 6.02. The molecule has 8 heteroatoms. The van der Waals surface area contributed by atoms with Crippen LogP contribution in [0.25, 0.3) is 0 Å². The lowest BCUT2D eigenvalue weighted by Gasteiger charge is -2.34. The summed E-state index contributed by atoms with van der Waals surface area (Å²) in [5.74, 6) is -0.767. The minimum atomic E-state index is -0.981. The second kappa shape index (κ2) is 14.4. The van der Waals surface area contributed by atoms with Crippen molar-refractivity contribution in [1.29, 1.82) is 0 Å². The monoisotopic (exact) mass is 544 g/mol. The molecule has 1 heterocycles. The van der Waals surface area contributed by atoms with E-state index in [1.54, 1.807) is 41.4 Å². The summed E-state index contributed by atoms with van der Waals surface area (Å²) in [6.07, 6.45) is 7.77. The van der Waals surface area contributed by atoms with Gasteiger partial charge in [-0.25, -0.2) is 9.37 Å². The minimum absolute atomic E-state index is 0.0397. The highest BCUT2D eigenvalue weighted by atomic mass is 19.1. The molecular weight excluding hydrogens is 507 g/mol. The molecule has 1 aromatic heterocycles. The van der Waals surface area contributed by atoms with E-state index in [4.69, 9.17) is 0 Å². The molecule has 0 unspecified atom stereocenters. The van der Waals surface area contributed by atoms with E-state index in [0.29, 0.717) is 29.9 Å². The zero-order chi connectivity index (χ0) is 28.3. The predicted molar refractivity (Wildman–Crippen MR) is 154 cm³/mol. The number of aromatic nitrogens is 1. The van der Waals surface area contributed by atoms with E-state index in [0.717, 1.165) is 37.7 Å². The zero-order valence-corrected chi connectivity index (χ0v) is 22.9. The number of amides is 3. The molecule has 2 N–H and O–H groups in total. The first kappa shape index (κ1) is 28.9. The third-order valence-electron chi connectivity index (χ3n) is 7.27. The van der Waals surface area contributed by atoms with Crippen LogP contribution in [0.3, 0.4) is 0 Å². The van der Waals surface area contributed by atoms with Crippen LogP contribution in [-0.2, 0) is 20.8 Å². The molecular formula is C32H37FN4O3. The number of nitrogens with one attached hydrogen (secondary N) is 2. The van der Waals surface area contributed by atoms with Gasteiger partial charge in [-0.15, -0.1) is 0 Å². The van der Waals surface area contributed by atoms with Crippen molar-refractivity contribution in [3.8, 4) is 0 Å². The Balaban J connectivity index is 1.60. The summed E-state index contributed by atoms with van der Waals surface area (Å²) in [5.41, 5.74) is 2.09. The fourth-order valence-corrected chi connectivity index (χ4v) is 5.21. The summed E-state index contributed by atoms with van der Waals surface area (Å²) >= 11 is 0. The van der Waals surface area contributed by atoms with E-state index in [1.807, 2.05) is 31.2 Å². The summed E-state index contributed by atoms with van der Waals surface area (Å²) in [7, 11) is 0. The Kier molecular flexibility index (Phi) is 10.4. The largest absolute Gasteiger partial charge is 0.351 e. The van der Waals surface area contributed by atoms with Crippen molar-refractivity contribution < 1.29 is 18.8 Å². The first-order valence-electron chi connectivity index (χ1n) is 14.1. The number of nitrogens with zero attached hydrogens (tertiary/aromatic N) is 2. The van der Waals surface area contributed by atoms with Gasteiger partial charge < -0.3 is 10.6 Å². The van der Waals surface area contributed by atoms with Gasteiger partial charge in [-0.05, 0) is 67.1 Å². The van der Waals surface area contributed by atoms with Crippen molar-refractivity contribution in [3.63, 3.8) is 0 Å². The maximum Gasteiger partial charge on any atom is 0.248 e. The SMILES string of the molecule is CCc1ccccc1N(C(=O)CCCC(=O)Nc1ccccn1)[C@H](C(=O)NC1CCCCC1)c1ccc(F)cc1. The number of pyridine rings is 1. The van der Waals surface area contributed by atoms with Crippen molar-refractivity contribution in [2.75, 3.05) is 10.2 Å². The lowest BCUT2D eigenvalue weighted by molar-refractivity contribution is -0.127. The van der Waals surface area contributed by atoms with Gasteiger partial charge in [0, 0.05) is 30.8 Å². The van der Waals surface area contributed by atoms with E-state index in [9.17, 15) is 18.8 Å². The van der Waals surface area contributed by atoms with Crippen LogP contribution in [0.5, 0.6) is 0 Å². The van der Waals surface area contributed by atoms with Crippen molar-refractivity contribution in [1.82, 2.24) is 10.3 Å². The molecule has 1 aliphatic carbocycles. The highest BCUT2D eigenvalue weighted by Gasteiger charge is 2.34. The molecule has 3 aromatic rings. The molecule has 0 radical (unpaired) electrons. The van der Waals surface area contributed by atoms with Gasteiger partial charge in [-0.3, -0.25) is 19.3 Å². The number of benzene rings is 2. The Hall–Kier alpha value is -4.07. The Morgan fingerprint density at radius 1 is 0.950 bits per heavy atom. The van der Waals surface area contributed by atoms with Crippen LogP contribution in [0.15, 0.2) is 72.9 Å². The fourth-order valence-electron chi connectivity index (χ4n) is 5.21. The summed E-state index contributed by atoms with van der Waals surface area (Å²) in [4.78, 5) is 46.0. The number of anilines is 2. The highest BCUT2D eigenvalue weighted by Crippen LogP contribution is 2.33. The van der Waals surface area contributed by atoms with Gasteiger partial charge in [0.05, 0.1) is 0 Å². The van der Waals surface area contributed by atoms with Crippen molar-refractivity contribution in [2.24, 2.45) is 0 Å². The zero-order valence-electron chi connectivity index (χ0n) is 22.9. The van der Waals surface area contributed by atoms with E-state index in [-0.39, 0.29) is 36.6 Å². The molecule has 7 nitrogen and oxygen atoms in total. The molecule has 0 spiro atoms. The van der Waals surface area contributed by atoms with E-state index in [2.05, 4.69) is 15.6 Å². The van der Waals surface area contributed by atoms with Gasteiger partial charge in [0.25, 0.3) is 0 Å². The third-order valence-corrected chi connectivity index (χ3v) is 7.27. The fraction of sp³-hybridized carbons (Fsp3) is 0.375. The molecule has 1 aliphatic rings. The summed E-state index contributed by atoms with van der Waals surface area (Å²) < 4.78 is 13.9. The van der Waals surface area contributed by atoms with Crippen LogP contribution in [0.2, 0.25) is 0 Å². The van der Waals surface area contributed by atoms with Gasteiger partial charge in [-0.2, -0.15) is 0 Å². The van der Waals surface area contributed by atoms with Crippen LogP contribution >= 0.6 is 0 Å². The number of para-hydroxylation sites is 1. The molecule has 1 atom stereocenters. The molecule has 40 heavy (non-hydrogen) atoms. The Morgan fingerprint density at radius 2 is 1.68 bits per heavy atom. The molecule has 210 valence electrons. The van der Waals surface area contributed by atoms with Crippen LogP contribution in [-0.4, -0.2) is 28.7 Å². The van der Waals surface area contributed by atoms with E-state index in [1.165, 1.54) is 12.1 Å². The van der Waals surface area contributed by atoms with Gasteiger partial charge in [0.2, 0.25) is 17.7 Å². The number of rotatable bonds is 11. The lowest BCUT2D eigenvalue weighted by Crippen LogP contribution is -2.47. The number of aryl methyl sites for hydroxylation is 1. The van der Waals surface area contributed by atoms with Crippen molar-refractivity contribution in [2.45, 2.75) is 76.8 Å². The van der Waals surface area contributed by atoms with Crippen LogP contribution in [0.4, 0.5) is 15.9 Å². The van der Waals surface area contributed by atoms with Gasteiger partial charge in [0.1, 0.15) is 17.7 Å². The molecule has 3 amide bonds. The van der Waals surface area contributed by atoms with E-state index >= 15 is 0 Å². The number of hydrogen-bond acceptors (Lipinski definition) is 4. The van der Waals surface area contributed by atoms with Crippen molar-refractivity contribution in [3.05, 3.63) is 89.9 Å². The predicted octanol–water partition coefficient (Wildman–Crippen LogP) is 6.12. The Morgan fingerprint density at radius 3 is 2.38 bits per heavy atom. The molecule has 0 bridgehead atoms. The van der Waals surface area contributed by atoms with Gasteiger partial charge in [-0.1, -0.05) is 62.6 Å². The molecule has 1 saturated carbocycles. The molecule has 1 fully saturated rings. The number of carbonyl (C=O) groups is 3. The summed E-state index contributed by atoms with van der Waals surface area (Å²) in [6, 6.07) is 17.6. The first-order chi connectivity index (χ1) is 19.5.